The number of para-hydroxylation sites is 2. The van der Waals surface area contributed by atoms with Gasteiger partial charge in [-0.2, -0.15) is 0 Å². The molecular weight excluding hydrogens is 772 g/mol. The van der Waals surface area contributed by atoms with Crippen molar-refractivity contribution in [2.75, 3.05) is 36.5 Å². The average Bonchev–Trinajstić information content (AvgIpc) is 2.95. The van der Waals surface area contributed by atoms with Crippen LogP contribution in [-0.2, 0) is 4.79 Å². The molecule has 0 aliphatic rings. The molecule has 0 saturated carbocycles. The fourth-order valence-electron chi connectivity index (χ4n) is 3.81. The molecular formula is C30H24Br4N2O4. The minimum Gasteiger partial charge on any atom is -0.484 e. The minimum absolute atomic E-state index is 0.115. The molecule has 0 heterocycles. The fraction of sp³-hybridized carbons (Fsp3) is 0.133. The Morgan fingerprint density at radius 3 is 1.90 bits per heavy atom. The number of carbonyl (C=O) groups excluding carboxylic acids is 2. The summed E-state index contributed by atoms with van der Waals surface area (Å²) in [7, 11) is 0. The fourth-order valence-corrected chi connectivity index (χ4v) is 6.13. The minimum atomic E-state index is -0.194. The lowest BCUT2D eigenvalue weighted by Gasteiger charge is -2.24. The molecule has 4 aromatic carbocycles. The summed E-state index contributed by atoms with van der Waals surface area (Å²) >= 11 is 13.7. The molecule has 0 bridgehead atoms. The predicted molar refractivity (Wildman–Crippen MR) is 173 cm³/mol. The van der Waals surface area contributed by atoms with Gasteiger partial charge in [0.15, 0.2) is 13.2 Å². The lowest BCUT2D eigenvalue weighted by molar-refractivity contribution is -0.120. The van der Waals surface area contributed by atoms with E-state index in [2.05, 4.69) is 69.0 Å². The molecule has 0 radical (unpaired) electrons. The number of anilines is 2. The Morgan fingerprint density at radius 2 is 1.27 bits per heavy atom. The summed E-state index contributed by atoms with van der Waals surface area (Å²) in [5.74, 6) is 0.798. The summed E-state index contributed by atoms with van der Waals surface area (Å²) in [5, 5.41) is 3.32. The van der Waals surface area contributed by atoms with Crippen LogP contribution in [0.15, 0.2) is 109 Å². The topological polar surface area (TPSA) is 67.9 Å². The summed E-state index contributed by atoms with van der Waals surface area (Å²) in [4.78, 5) is 28.0. The van der Waals surface area contributed by atoms with Gasteiger partial charge in [0.1, 0.15) is 11.5 Å². The highest BCUT2D eigenvalue weighted by molar-refractivity contribution is 9.11. The first-order chi connectivity index (χ1) is 19.3. The van der Waals surface area contributed by atoms with Crippen LogP contribution in [0.1, 0.15) is 10.4 Å². The largest absolute Gasteiger partial charge is 0.484 e. The number of ether oxygens (including phenoxy) is 2. The van der Waals surface area contributed by atoms with Gasteiger partial charge in [0.25, 0.3) is 5.91 Å². The van der Waals surface area contributed by atoms with E-state index in [1.54, 1.807) is 23.1 Å². The summed E-state index contributed by atoms with van der Waals surface area (Å²) in [6.07, 6.45) is 0. The lowest BCUT2D eigenvalue weighted by Crippen LogP contribution is -2.38. The van der Waals surface area contributed by atoms with Crippen LogP contribution in [-0.4, -0.2) is 38.0 Å². The molecule has 0 unspecified atom stereocenters. The highest BCUT2D eigenvalue weighted by Gasteiger charge is 2.18. The van der Waals surface area contributed by atoms with Gasteiger partial charge in [-0.3, -0.25) is 9.59 Å². The average molecular weight is 796 g/mol. The Morgan fingerprint density at radius 1 is 0.700 bits per heavy atom. The van der Waals surface area contributed by atoms with E-state index >= 15 is 0 Å². The highest BCUT2D eigenvalue weighted by Crippen LogP contribution is 2.29. The molecule has 40 heavy (non-hydrogen) atoms. The molecule has 206 valence electrons. The predicted octanol–water partition coefficient (Wildman–Crippen LogP) is 8.52. The Kier molecular flexibility index (Phi) is 11.2. The highest BCUT2D eigenvalue weighted by atomic mass is 79.9. The summed E-state index contributed by atoms with van der Waals surface area (Å²) < 4.78 is 14.9. The van der Waals surface area contributed by atoms with Crippen LogP contribution < -0.4 is 19.7 Å². The van der Waals surface area contributed by atoms with Crippen molar-refractivity contribution in [1.82, 2.24) is 0 Å². The molecule has 0 saturated heterocycles. The first kappa shape index (κ1) is 30.3. The van der Waals surface area contributed by atoms with Gasteiger partial charge in [0.2, 0.25) is 5.78 Å². The third-order valence-corrected chi connectivity index (χ3v) is 7.97. The number of hydrogen-bond donors (Lipinski definition) is 1. The molecule has 0 atom stereocenters. The maximum atomic E-state index is 13.3. The SMILES string of the molecule is O=C(COc1ccc(Br)cc1Br)c1ccccc1NCCN(C(=O)COc1ccc(Br)cc1Br)c1ccccc1. The quantitative estimate of drug-likeness (QED) is 0.146. The van der Waals surface area contributed by atoms with Gasteiger partial charge >= 0.3 is 0 Å². The molecule has 0 aliphatic heterocycles. The maximum Gasteiger partial charge on any atom is 0.264 e. The van der Waals surface area contributed by atoms with Gasteiger partial charge in [-0.25, -0.2) is 0 Å². The van der Waals surface area contributed by atoms with E-state index < -0.39 is 0 Å². The van der Waals surface area contributed by atoms with Crippen LogP contribution in [0, 0.1) is 0 Å². The van der Waals surface area contributed by atoms with Gasteiger partial charge in [-0.05, 0) is 92.5 Å². The molecule has 6 nitrogen and oxygen atoms in total. The number of hydrogen-bond acceptors (Lipinski definition) is 5. The van der Waals surface area contributed by atoms with Crippen molar-refractivity contribution in [3.05, 3.63) is 114 Å². The van der Waals surface area contributed by atoms with Crippen molar-refractivity contribution in [2.45, 2.75) is 0 Å². The van der Waals surface area contributed by atoms with Gasteiger partial charge in [-0.1, -0.05) is 62.2 Å². The van der Waals surface area contributed by atoms with E-state index in [1.165, 1.54) is 0 Å². The molecule has 0 aromatic heterocycles. The maximum absolute atomic E-state index is 13.3. The molecule has 0 fully saturated rings. The Bertz CT molecular complexity index is 1480. The van der Waals surface area contributed by atoms with Crippen LogP contribution in [0.3, 0.4) is 0 Å². The first-order valence-electron chi connectivity index (χ1n) is 12.2. The molecule has 4 aromatic rings. The number of nitrogens with zero attached hydrogens (tertiary/aromatic N) is 1. The third-order valence-electron chi connectivity index (χ3n) is 5.75. The first-order valence-corrected chi connectivity index (χ1v) is 15.4. The van der Waals surface area contributed by atoms with Gasteiger partial charge < -0.3 is 19.7 Å². The van der Waals surface area contributed by atoms with Crippen molar-refractivity contribution in [1.29, 1.82) is 0 Å². The van der Waals surface area contributed by atoms with Gasteiger partial charge in [0, 0.05) is 39.0 Å². The zero-order valence-corrected chi connectivity index (χ0v) is 27.4. The molecule has 10 heteroatoms. The van der Waals surface area contributed by atoms with Crippen molar-refractivity contribution in [3.8, 4) is 11.5 Å². The number of nitrogens with one attached hydrogen (secondary N) is 1. The van der Waals surface area contributed by atoms with E-state index in [9.17, 15) is 9.59 Å². The monoisotopic (exact) mass is 792 g/mol. The van der Waals surface area contributed by atoms with Crippen LogP contribution in [0.5, 0.6) is 11.5 Å². The number of ketones is 1. The Balaban J connectivity index is 1.40. The summed E-state index contributed by atoms with van der Waals surface area (Å²) in [6.45, 7) is 0.522. The molecule has 4 rings (SSSR count). The molecule has 1 amide bonds. The molecule has 1 N–H and O–H groups in total. The second kappa shape index (κ2) is 14.8. The van der Waals surface area contributed by atoms with Gasteiger partial charge in [0.05, 0.1) is 8.95 Å². The lowest BCUT2D eigenvalue weighted by atomic mass is 10.1. The van der Waals surface area contributed by atoms with E-state index in [4.69, 9.17) is 9.47 Å². The van der Waals surface area contributed by atoms with E-state index in [0.29, 0.717) is 35.8 Å². The number of Topliss-reactive ketones (excluding diaryl/α,β-unsaturated/α-hetero) is 1. The van der Waals surface area contributed by atoms with Crippen molar-refractivity contribution >= 4 is 86.8 Å². The van der Waals surface area contributed by atoms with Crippen LogP contribution in [0.25, 0.3) is 0 Å². The summed E-state index contributed by atoms with van der Waals surface area (Å²) in [6, 6.07) is 27.7. The number of carbonyl (C=O) groups is 2. The second-order valence-corrected chi connectivity index (χ2v) is 12.0. The van der Waals surface area contributed by atoms with Gasteiger partial charge in [-0.15, -0.1) is 0 Å². The smallest absolute Gasteiger partial charge is 0.264 e. The zero-order chi connectivity index (χ0) is 28.5. The third kappa shape index (κ3) is 8.42. The number of benzene rings is 4. The van der Waals surface area contributed by atoms with E-state index in [-0.39, 0.29) is 24.9 Å². The molecule has 0 spiro atoms. The Hall–Kier alpha value is -2.66. The number of halogens is 4. The van der Waals surface area contributed by atoms with E-state index in [0.717, 1.165) is 23.6 Å². The van der Waals surface area contributed by atoms with Crippen LogP contribution in [0.2, 0.25) is 0 Å². The second-order valence-electron chi connectivity index (χ2n) is 8.50. The number of rotatable bonds is 12. The normalized spacial score (nSPS) is 10.6. The van der Waals surface area contributed by atoms with Crippen molar-refractivity contribution in [2.24, 2.45) is 0 Å². The molecule has 0 aliphatic carbocycles. The standard InChI is InChI=1S/C30H24Br4N2O4/c31-20-10-12-28(24(33)16-20)39-18-27(37)23-8-4-5-9-26(23)35-14-15-36(22-6-2-1-3-7-22)30(38)19-40-29-13-11-21(32)17-25(29)34/h1-13,16-17,35H,14-15,18-19H2. The summed E-state index contributed by atoms with van der Waals surface area (Å²) in [5.41, 5.74) is 1.93. The van der Waals surface area contributed by atoms with Crippen molar-refractivity contribution in [3.63, 3.8) is 0 Å². The zero-order valence-electron chi connectivity index (χ0n) is 21.1. The van der Waals surface area contributed by atoms with Crippen LogP contribution >= 0.6 is 63.7 Å². The number of amides is 1. The van der Waals surface area contributed by atoms with Crippen LogP contribution in [0.4, 0.5) is 11.4 Å². The van der Waals surface area contributed by atoms with E-state index in [1.807, 2.05) is 72.8 Å². The Labute approximate surface area is 266 Å². The van der Waals surface area contributed by atoms with Crippen molar-refractivity contribution < 1.29 is 19.1 Å².